The first-order chi connectivity index (χ1) is 10.1. The van der Waals surface area contributed by atoms with Crippen LogP contribution in [0.4, 0.5) is 0 Å². The molecule has 3 unspecified atom stereocenters. The Hall–Kier alpha value is -0.910. The quantitative estimate of drug-likeness (QED) is 0.842. The van der Waals surface area contributed by atoms with Gasteiger partial charge in [-0.2, -0.15) is 11.3 Å². The third kappa shape index (κ3) is 3.47. The molecule has 0 saturated carbocycles. The van der Waals surface area contributed by atoms with E-state index in [0.717, 1.165) is 12.8 Å². The predicted octanol–water partition coefficient (Wildman–Crippen LogP) is 3.02. The Labute approximate surface area is 131 Å². The highest BCUT2D eigenvalue weighted by Crippen LogP contribution is 2.32. The van der Waals surface area contributed by atoms with Crippen LogP contribution in [0.3, 0.4) is 0 Å². The molecule has 0 aromatic carbocycles. The Balaban J connectivity index is 2.29. The van der Waals surface area contributed by atoms with Crippen LogP contribution in [0.25, 0.3) is 0 Å². The number of amides is 1. The molecule has 5 heteroatoms. The molecule has 1 aliphatic heterocycles. The Morgan fingerprint density at radius 2 is 2.24 bits per heavy atom. The highest BCUT2D eigenvalue weighted by Gasteiger charge is 2.44. The molecule has 1 aliphatic rings. The van der Waals surface area contributed by atoms with E-state index in [2.05, 4.69) is 42.9 Å². The summed E-state index contributed by atoms with van der Waals surface area (Å²) in [5.41, 5.74) is 1.17. The standard InChI is InChI=1S/C16H26N2O2S/c1-5-6-13(9-20-4)18-15(12-7-8-21-10-12)17-14(11(2)3)16(18)19/h7-8,10-11,13-15,17H,5-6,9H2,1-4H3. The number of hydrogen-bond donors (Lipinski definition) is 1. The first-order valence-corrected chi connectivity index (χ1v) is 8.63. The SMILES string of the molecule is CCCC(COC)N1C(=O)C(C(C)C)NC1c1ccsc1. The van der Waals surface area contributed by atoms with Crippen LogP contribution in [0.5, 0.6) is 0 Å². The molecule has 21 heavy (non-hydrogen) atoms. The van der Waals surface area contributed by atoms with Gasteiger partial charge in [-0.15, -0.1) is 0 Å². The molecule has 0 radical (unpaired) electrons. The second-order valence-electron chi connectivity index (χ2n) is 5.99. The van der Waals surface area contributed by atoms with E-state index in [9.17, 15) is 4.79 Å². The molecule has 118 valence electrons. The summed E-state index contributed by atoms with van der Waals surface area (Å²) in [4.78, 5) is 14.9. The van der Waals surface area contributed by atoms with E-state index in [1.807, 2.05) is 4.90 Å². The van der Waals surface area contributed by atoms with E-state index in [4.69, 9.17) is 4.74 Å². The van der Waals surface area contributed by atoms with Crippen molar-refractivity contribution >= 4 is 17.2 Å². The zero-order valence-corrected chi connectivity index (χ0v) is 14.2. The van der Waals surface area contributed by atoms with Crippen LogP contribution < -0.4 is 5.32 Å². The second kappa shape index (κ2) is 7.38. The van der Waals surface area contributed by atoms with E-state index in [1.165, 1.54) is 5.56 Å². The molecule has 1 amide bonds. The summed E-state index contributed by atoms with van der Waals surface area (Å²) in [7, 11) is 1.70. The van der Waals surface area contributed by atoms with Gasteiger partial charge in [0.25, 0.3) is 0 Å². The van der Waals surface area contributed by atoms with Gasteiger partial charge in [0.1, 0.15) is 6.17 Å². The average Bonchev–Trinajstić information content (AvgIpc) is 3.05. The number of nitrogens with one attached hydrogen (secondary N) is 1. The van der Waals surface area contributed by atoms with Crippen molar-refractivity contribution in [2.45, 2.75) is 51.9 Å². The van der Waals surface area contributed by atoms with Gasteiger partial charge < -0.3 is 9.64 Å². The third-order valence-electron chi connectivity index (χ3n) is 4.04. The summed E-state index contributed by atoms with van der Waals surface area (Å²) in [5, 5.41) is 7.70. The fourth-order valence-corrected chi connectivity index (χ4v) is 3.67. The highest BCUT2D eigenvalue weighted by molar-refractivity contribution is 7.07. The van der Waals surface area contributed by atoms with Crippen LogP contribution >= 0.6 is 11.3 Å². The lowest BCUT2D eigenvalue weighted by molar-refractivity contribution is -0.134. The van der Waals surface area contributed by atoms with Crippen molar-refractivity contribution in [2.75, 3.05) is 13.7 Å². The van der Waals surface area contributed by atoms with Gasteiger partial charge in [0.2, 0.25) is 5.91 Å². The van der Waals surface area contributed by atoms with E-state index in [1.54, 1.807) is 18.4 Å². The number of ether oxygens (including phenoxy) is 1. The minimum atomic E-state index is -0.105. The smallest absolute Gasteiger partial charge is 0.241 e. The summed E-state index contributed by atoms with van der Waals surface area (Å²) < 4.78 is 5.36. The molecule has 0 aliphatic carbocycles. The summed E-state index contributed by atoms with van der Waals surface area (Å²) in [6.07, 6.45) is 1.98. The van der Waals surface area contributed by atoms with Crippen molar-refractivity contribution < 1.29 is 9.53 Å². The van der Waals surface area contributed by atoms with Crippen molar-refractivity contribution in [2.24, 2.45) is 5.92 Å². The minimum absolute atomic E-state index is 0.0251. The molecule has 1 saturated heterocycles. The molecule has 2 heterocycles. The first kappa shape index (κ1) is 16.5. The van der Waals surface area contributed by atoms with Crippen LogP contribution in [-0.2, 0) is 9.53 Å². The van der Waals surface area contributed by atoms with Crippen molar-refractivity contribution in [1.29, 1.82) is 0 Å². The topological polar surface area (TPSA) is 41.6 Å². The second-order valence-corrected chi connectivity index (χ2v) is 6.77. The molecular weight excluding hydrogens is 284 g/mol. The van der Waals surface area contributed by atoms with E-state index in [-0.39, 0.29) is 30.1 Å². The Morgan fingerprint density at radius 3 is 2.76 bits per heavy atom. The maximum atomic E-state index is 12.9. The van der Waals surface area contributed by atoms with Gasteiger partial charge >= 0.3 is 0 Å². The van der Waals surface area contributed by atoms with E-state index >= 15 is 0 Å². The summed E-state index contributed by atoms with van der Waals surface area (Å²) >= 11 is 1.67. The number of carbonyl (C=O) groups excluding carboxylic acids is 1. The van der Waals surface area contributed by atoms with Gasteiger partial charge in [-0.1, -0.05) is 27.2 Å². The molecule has 2 rings (SSSR count). The zero-order valence-electron chi connectivity index (χ0n) is 13.3. The normalized spacial score (nSPS) is 24.0. The monoisotopic (exact) mass is 310 g/mol. The van der Waals surface area contributed by atoms with Crippen LogP contribution in [0.15, 0.2) is 16.8 Å². The van der Waals surface area contributed by atoms with Crippen LogP contribution in [0.2, 0.25) is 0 Å². The van der Waals surface area contributed by atoms with Gasteiger partial charge in [-0.3, -0.25) is 10.1 Å². The molecule has 1 N–H and O–H groups in total. The van der Waals surface area contributed by atoms with Crippen molar-refractivity contribution in [3.05, 3.63) is 22.4 Å². The molecular formula is C16H26N2O2S. The Bertz CT molecular complexity index is 441. The van der Waals surface area contributed by atoms with Crippen molar-refractivity contribution in [3.8, 4) is 0 Å². The first-order valence-electron chi connectivity index (χ1n) is 7.69. The van der Waals surface area contributed by atoms with Crippen molar-refractivity contribution in [3.63, 3.8) is 0 Å². The third-order valence-corrected chi connectivity index (χ3v) is 4.74. The molecule has 1 aromatic rings. The fraction of sp³-hybridized carbons (Fsp3) is 0.688. The fourth-order valence-electron chi connectivity index (χ4n) is 2.99. The van der Waals surface area contributed by atoms with Crippen molar-refractivity contribution in [1.82, 2.24) is 10.2 Å². The number of thiophene rings is 1. The molecule has 0 spiro atoms. The number of nitrogens with zero attached hydrogens (tertiary/aromatic N) is 1. The largest absolute Gasteiger partial charge is 0.383 e. The van der Waals surface area contributed by atoms with Gasteiger partial charge in [0.15, 0.2) is 0 Å². The Morgan fingerprint density at radius 1 is 1.48 bits per heavy atom. The average molecular weight is 310 g/mol. The molecule has 1 fully saturated rings. The molecule has 0 bridgehead atoms. The lowest BCUT2D eigenvalue weighted by atomic mass is 10.0. The van der Waals surface area contributed by atoms with Gasteiger partial charge in [0, 0.05) is 7.11 Å². The summed E-state index contributed by atoms with van der Waals surface area (Å²) in [5.74, 6) is 0.491. The van der Waals surface area contributed by atoms with E-state index in [0.29, 0.717) is 6.61 Å². The lowest BCUT2D eigenvalue weighted by Crippen LogP contribution is -2.43. The Kier molecular flexibility index (Phi) is 5.79. The van der Waals surface area contributed by atoms with Crippen LogP contribution in [-0.4, -0.2) is 36.6 Å². The maximum Gasteiger partial charge on any atom is 0.241 e. The van der Waals surface area contributed by atoms with Gasteiger partial charge in [0.05, 0.1) is 18.7 Å². The molecule has 4 nitrogen and oxygen atoms in total. The minimum Gasteiger partial charge on any atom is -0.383 e. The van der Waals surface area contributed by atoms with E-state index < -0.39 is 0 Å². The zero-order chi connectivity index (χ0) is 15.4. The summed E-state index contributed by atoms with van der Waals surface area (Å²) in [6, 6.07) is 2.13. The maximum absolute atomic E-state index is 12.9. The van der Waals surface area contributed by atoms with Crippen LogP contribution in [0, 0.1) is 5.92 Å². The number of rotatable bonds is 7. The predicted molar refractivity (Wildman–Crippen MR) is 86.2 cm³/mol. The van der Waals surface area contributed by atoms with Gasteiger partial charge in [-0.25, -0.2) is 0 Å². The summed E-state index contributed by atoms with van der Waals surface area (Å²) in [6.45, 7) is 6.92. The van der Waals surface area contributed by atoms with Gasteiger partial charge in [-0.05, 0) is 34.7 Å². The highest BCUT2D eigenvalue weighted by atomic mass is 32.1. The number of hydrogen-bond acceptors (Lipinski definition) is 4. The molecule has 1 aromatic heterocycles. The lowest BCUT2D eigenvalue weighted by Gasteiger charge is -2.32. The number of methoxy groups -OCH3 is 1. The molecule has 3 atom stereocenters. The number of carbonyl (C=O) groups is 1. The van der Waals surface area contributed by atoms with Crippen LogP contribution in [0.1, 0.15) is 45.3 Å².